The summed E-state index contributed by atoms with van der Waals surface area (Å²) < 4.78 is 12.1. The summed E-state index contributed by atoms with van der Waals surface area (Å²) in [4.78, 5) is 12.4. The molecular formula is C15H15ClN2O2S. The molecule has 0 saturated carbocycles. The van der Waals surface area contributed by atoms with E-state index in [1.54, 1.807) is 48.5 Å². The summed E-state index contributed by atoms with van der Waals surface area (Å²) in [5, 5.41) is 3.15. The second-order valence-electron chi connectivity index (χ2n) is 4.37. The number of halogens is 1. The number of carbonyl (C=O) groups excluding carboxylic acids is 1. The lowest BCUT2D eigenvalue weighted by Crippen LogP contribution is -2.15. The normalized spacial score (nSPS) is 11.9. The first-order valence-corrected chi connectivity index (χ1v) is 8.05. The molecule has 0 aliphatic carbocycles. The number of nitrogens with one attached hydrogen (secondary N) is 1. The Morgan fingerprint density at radius 2 is 1.81 bits per heavy atom. The molecule has 2 rings (SSSR count). The highest BCUT2D eigenvalue weighted by atomic mass is 35.5. The molecule has 3 N–H and O–H groups in total. The van der Waals surface area contributed by atoms with E-state index in [4.69, 9.17) is 17.3 Å². The highest BCUT2D eigenvalue weighted by Gasteiger charge is 2.11. The van der Waals surface area contributed by atoms with Crippen LogP contribution in [0.15, 0.2) is 53.4 Å². The minimum Gasteiger partial charge on any atom is -0.397 e. The summed E-state index contributed by atoms with van der Waals surface area (Å²) in [6, 6.07) is 13.9. The molecule has 21 heavy (non-hydrogen) atoms. The Kier molecular flexibility index (Phi) is 5.36. The van der Waals surface area contributed by atoms with Crippen molar-refractivity contribution in [3.63, 3.8) is 0 Å². The molecule has 1 amide bonds. The van der Waals surface area contributed by atoms with Crippen LogP contribution in [0.1, 0.15) is 6.42 Å². The lowest BCUT2D eigenvalue weighted by Gasteiger charge is -2.08. The fourth-order valence-electron chi connectivity index (χ4n) is 1.75. The maximum absolute atomic E-state index is 12.1. The molecule has 0 saturated heterocycles. The van der Waals surface area contributed by atoms with Crippen molar-refractivity contribution < 1.29 is 9.00 Å². The fraction of sp³-hybridized carbons (Fsp3) is 0.133. The van der Waals surface area contributed by atoms with E-state index in [0.717, 1.165) is 0 Å². The van der Waals surface area contributed by atoms with Gasteiger partial charge in [0.2, 0.25) is 5.91 Å². The van der Waals surface area contributed by atoms with Gasteiger partial charge in [-0.25, -0.2) is 0 Å². The second kappa shape index (κ2) is 7.24. The number of benzene rings is 2. The van der Waals surface area contributed by atoms with E-state index in [9.17, 15) is 9.00 Å². The maximum atomic E-state index is 12.1. The summed E-state index contributed by atoms with van der Waals surface area (Å²) >= 11 is 5.97. The van der Waals surface area contributed by atoms with Gasteiger partial charge in [-0.05, 0) is 24.3 Å². The molecule has 0 aliphatic rings. The number of carbonyl (C=O) groups is 1. The Hall–Kier alpha value is -1.85. The standard InChI is InChI=1S/C15H15ClN2O2S/c16-11-5-1-4-8-14(11)21(20)10-9-15(19)18-13-7-3-2-6-12(13)17/h1-8H,9-10,17H2,(H,18,19). The average Bonchev–Trinajstić information content (AvgIpc) is 2.48. The first-order valence-electron chi connectivity index (χ1n) is 6.35. The number of anilines is 2. The molecule has 2 aromatic carbocycles. The molecule has 0 aromatic heterocycles. The third-order valence-corrected chi connectivity index (χ3v) is 4.69. The van der Waals surface area contributed by atoms with E-state index in [1.807, 2.05) is 0 Å². The van der Waals surface area contributed by atoms with Crippen molar-refractivity contribution in [2.24, 2.45) is 0 Å². The van der Waals surface area contributed by atoms with Gasteiger partial charge in [-0.1, -0.05) is 35.9 Å². The molecule has 0 spiro atoms. The molecular weight excluding hydrogens is 308 g/mol. The number of amides is 1. The molecule has 1 atom stereocenters. The third kappa shape index (κ3) is 4.31. The fourth-order valence-corrected chi connectivity index (χ4v) is 3.25. The first kappa shape index (κ1) is 15.5. The molecule has 0 radical (unpaired) electrons. The van der Waals surface area contributed by atoms with Crippen molar-refractivity contribution in [2.75, 3.05) is 16.8 Å². The number of hydrogen-bond acceptors (Lipinski definition) is 3. The van der Waals surface area contributed by atoms with Crippen molar-refractivity contribution >= 4 is 39.7 Å². The second-order valence-corrected chi connectivity index (χ2v) is 6.31. The first-order chi connectivity index (χ1) is 10.1. The minimum atomic E-state index is -1.30. The Bertz CT molecular complexity index is 676. The number of para-hydroxylation sites is 2. The average molecular weight is 323 g/mol. The quantitative estimate of drug-likeness (QED) is 0.831. The third-order valence-electron chi connectivity index (χ3n) is 2.83. The molecule has 1 unspecified atom stereocenters. The Labute approximate surface area is 130 Å². The molecule has 4 nitrogen and oxygen atoms in total. The highest BCUT2D eigenvalue weighted by Crippen LogP contribution is 2.20. The zero-order valence-corrected chi connectivity index (χ0v) is 12.8. The van der Waals surface area contributed by atoms with Gasteiger partial charge in [-0.2, -0.15) is 0 Å². The van der Waals surface area contributed by atoms with E-state index >= 15 is 0 Å². The van der Waals surface area contributed by atoms with Crippen molar-refractivity contribution in [1.82, 2.24) is 0 Å². The summed E-state index contributed by atoms with van der Waals surface area (Å²) in [6.07, 6.45) is 0.131. The predicted molar refractivity (Wildman–Crippen MR) is 86.8 cm³/mol. The zero-order valence-electron chi connectivity index (χ0n) is 11.2. The van der Waals surface area contributed by atoms with Gasteiger partial charge >= 0.3 is 0 Å². The summed E-state index contributed by atoms with van der Waals surface area (Å²) in [5.41, 5.74) is 6.80. The van der Waals surface area contributed by atoms with E-state index in [0.29, 0.717) is 21.3 Å². The molecule has 0 bridgehead atoms. The predicted octanol–water partition coefficient (Wildman–Crippen LogP) is 3.06. The Morgan fingerprint density at radius 3 is 2.52 bits per heavy atom. The van der Waals surface area contributed by atoms with Crippen LogP contribution in [0.3, 0.4) is 0 Å². The van der Waals surface area contributed by atoms with Crippen LogP contribution >= 0.6 is 11.6 Å². The summed E-state index contributed by atoms with van der Waals surface area (Å²) in [7, 11) is -1.30. The van der Waals surface area contributed by atoms with Crippen LogP contribution in [-0.2, 0) is 15.6 Å². The Morgan fingerprint density at radius 1 is 1.14 bits per heavy atom. The van der Waals surface area contributed by atoms with Crippen LogP contribution in [0.25, 0.3) is 0 Å². The number of nitrogen functional groups attached to an aromatic ring is 1. The largest absolute Gasteiger partial charge is 0.397 e. The molecule has 0 fully saturated rings. The smallest absolute Gasteiger partial charge is 0.225 e. The van der Waals surface area contributed by atoms with Crippen LogP contribution in [0.4, 0.5) is 11.4 Å². The zero-order chi connectivity index (χ0) is 15.2. The lowest BCUT2D eigenvalue weighted by molar-refractivity contribution is -0.115. The van der Waals surface area contributed by atoms with Crippen LogP contribution in [0.5, 0.6) is 0 Å². The SMILES string of the molecule is Nc1ccccc1NC(=O)CCS(=O)c1ccccc1Cl. The van der Waals surface area contributed by atoms with Crippen molar-refractivity contribution in [3.8, 4) is 0 Å². The van der Waals surface area contributed by atoms with Gasteiger partial charge in [0.15, 0.2) is 0 Å². The van der Waals surface area contributed by atoms with Gasteiger partial charge in [0.25, 0.3) is 0 Å². The number of rotatable bonds is 5. The monoisotopic (exact) mass is 322 g/mol. The molecule has 0 aliphatic heterocycles. The van der Waals surface area contributed by atoms with Gasteiger partial charge in [-0.3, -0.25) is 9.00 Å². The molecule has 110 valence electrons. The van der Waals surface area contributed by atoms with Crippen molar-refractivity contribution in [2.45, 2.75) is 11.3 Å². The van der Waals surface area contributed by atoms with Crippen LogP contribution in [0, 0.1) is 0 Å². The van der Waals surface area contributed by atoms with Gasteiger partial charge < -0.3 is 11.1 Å². The molecule has 6 heteroatoms. The van der Waals surface area contributed by atoms with Crippen molar-refractivity contribution in [1.29, 1.82) is 0 Å². The van der Waals surface area contributed by atoms with Gasteiger partial charge in [0.1, 0.15) is 0 Å². The van der Waals surface area contributed by atoms with Crippen LogP contribution < -0.4 is 11.1 Å². The van der Waals surface area contributed by atoms with E-state index in [-0.39, 0.29) is 18.1 Å². The van der Waals surface area contributed by atoms with E-state index < -0.39 is 10.8 Å². The Balaban J connectivity index is 1.91. The van der Waals surface area contributed by atoms with Crippen LogP contribution in [-0.4, -0.2) is 15.9 Å². The van der Waals surface area contributed by atoms with E-state index in [2.05, 4.69) is 5.32 Å². The van der Waals surface area contributed by atoms with E-state index in [1.165, 1.54) is 0 Å². The number of hydrogen-bond donors (Lipinski definition) is 2. The summed E-state index contributed by atoms with van der Waals surface area (Å²) in [5.74, 6) is -0.0178. The number of nitrogens with two attached hydrogens (primary N) is 1. The van der Waals surface area contributed by atoms with Gasteiger partial charge in [-0.15, -0.1) is 0 Å². The van der Waals surface area contributed by atoms with Crippen molar-refractivity contribution in [3.05, 3.63) is 53.6 Å². The van der Waals surface area contributed by atoms with Gasteiger partial charge in [0.05, 0.1) is 32.1 Å². The lowest BCUT2D eigenvalue weighted by atomic mass is 10.2. The van der Waals surface area contributed by atoms with Gasteiger partial charge in [0, 0.05) is 12.2 Å². The molecule has 2 aromatic rings. The highest BCUT2D eigenvalue weighted by molar-refractivity contribution is 7.85. The molecule has 0 heterocycles. The topological polar surface area (TPSA) is 72.2 Å². The minimum absolute atomic E-state index is 0.131. The summed E-state index contributed by atoms with van der Waals surface area (Å²) in [6.45, 7) is 0. The van der Waals surface area contributed by atoms with Crippen LogP contribution in [0.2, 0.25) is 5.02 Å². The maximum Gasteiger partial charge on any atom is 0.225 e.